The Hall–Kier alpha value is -1.55. The van der Waals surface area contributed by atoms with Gasteiger partial charge in [0.1, 0.15) is 5.75 Å². The number of carbonyl (C=O) groups is 1. The van der Waals surface area contributed by atoms with Gasteiger partial charge in [-0.2, -0.15) is 0 Å². The molecular weight excluding hydrogens is 218 g/mol. The van der Waals surface area contributed by atoms with Crippen LogP contribution >= 0.6 is 0 Å². The van der Waals surface area contributed by atoms with Crippen LogP contribution in [0.15, 0.2) is 18.2 Å². The number of hydrogen-bond donors (Lipinski definition) is 2. The van der Waals surface area contributed by atoms with Crippen molar-refractivity contribution in [2.45, 2.75) is 31.8 Å². The van der Waals surface area contributed by atoms with E-state index in [0.717, 1.165) is 12.8 Å². The summed E-state index contributed by atoms with van der Waals surface area (Å²) in [4.78, 5) is 10.8. The van der Waals surface area contributed by atoms with E-state index >= 15 is 0 Å². The van der Waals surface area contributed by atoms with Gasteiger partial charge in [0.15, 0.2) is 0 Å². The van der Waals surface area contributed by atoms with Crippen molar-refractivity contribution in [3.8, 4) is 5.75 Å². The molecular formula is C13H17NO3. The molecule has 1 aromatic rings. The lowest BCUT2D eigenvalue weighted by atomic mass is 9.92. The van der Waals surface area contributed by atoms with Crippen molar-refractivity contribution in [2.24, 2.45) is 5.73 Å². The molecule has 0 bridgehead atoms. The standard InChI is InChI=1S/C13H17NO3/c14-8-12(13(15)16)17-11-6-5-9-3-1-2-4-10(9)7-11/h5-7,12H,1-4,8,14H2,(H,15,16). The second kappa shape index (κ2) is 5.19. The Labute approximate surface area is 100 Å². The highest BCUT2D eigenvalue weighted by molar-refractivity contribution is 5.73. The van der Waals surface area contributed by atoms with Crippen molar-refractivity contribution in [3.05, 3.63) is 29.3 Å². The molecule has 0 fully saturated rings. The normalized spacial score (nSPS) is 16.1. The molecule has 1 unspecified atom stereocenters. The van der Waals surface area contributed by atoms with E-state index < -0.39 is 12.1 Å². The minimum atomic E-state index is -1.02. The minimum Gasteiger partial charge on any atom is -0.478 e. The Morgan fingerprint density at radius 2 is 2.06 bits per heavy atom. The molecule has 2 rings (SSSR count). The Balaban J connectivity index is 2.14. The molecule has 0 amide bonds. The smallest absolute Gasteiger partial charge is 0.346 e. The van der Waals surface area contributed by atoms with E-state index in [1.807, 2.05) is 18.2 Å². The zero-order chi connectivity index (χ0) is 12.3. The highest BCUT2D eigenvalue weighted by atomic mass is 16.5. The Bertz CT molecular complexity index is 417. The number of ether oxygens (including phenoxy) is 1. The fourth-order valence-corrected chi connectivity index (χ4v) is 2.15. The number of aryl methyl sites for hydroxylation is 2. The van der Waals surface area contributed by atoms with Crippen LogP contribution in [0.25, 0.3) is 0 Å². The van der Waals surface area contributed by atoms with Crippen molar-refractivity contribution in [2.75, 3.05) is 6.54 Å². The summed E-state index contributed by atoms with van der Waals surface area (Å²) in [6.45, 7) is -0.0214. The molecule has 0 aromatic heterocycles. The molecule has 0 saturated heterocycles. The van der Waals surface area contributed by atoms with Crippen molar-refractivity contribution in [1.29, 1.82) is 0 Å². The number of benzene rings is 1. The van der Waals surface area contributed by atoms with E-state index in [9.17, 15) is 4.79 Å². The van der Waals surface area contributed by atoms with Crippen LogP contribution in [0.5, 0.6) is 5.75 Å². The average Bonchev–Trinajstić information content (AvgIpc) is 2.35. The maximum absolute atomic E-state index is 10.8. The molecule has 0 spiro atoms. The maximum Gasteiger partial charge on any atom is 0.346 e. The van der Waals surface area contributed by atoms with Gasteiger partial charge in [-0.15, -0.1) is 0 Å². The summed E-state index contributed by atoms with van der Waals surface area (Å²) < 4.78 is 5.37. The van der Waals surface area contributed by atoms with E-state index in [1.165, 1.54) is 24.0 Å². The first kappa shape index (κ1) is 11.9. The molecule has 92 valence electrons. The van der Waals surface area contributed by atoms with Crippen LogP contribution in [0.2, 0.25) is 0 Å². The third-order valence-corrected chi connectivity index (χ3v) is 3.09. The fourth-order valence-electron chi connectivity index (χ4n) is 2.15. The summed E-state index contributed by atoms with van der Waals surface area (Å²) in [5.74, 6) is -0.422. The van der Waals surface area contributed by atoms with Gasteiger partial charge in [0.05, 0.1) is 0 Å². The second-order valence-corrected chi connectivity index (χ2v) is 4.32. The summed E-state index contributed by atoms with van der Waals surface area (Å²) in [6, 6.07) is 5.80. The Morgan fingerprint density at radius 3 is 2.71 bits per heavy atom. The van der Waals surface area contributed by atoms with E-state index in [1.54, 1.807) is 0 Å². The summed E-state index contributed by atoms with van der Waals surface area (Å²) >= 11 is 0. The zero-order valence-electron chi connectivity index (χ0n) is 9.69. The monoisotopic (exact) mass is 235 g/mol. The average molecular weight is 235 g/mol. The quantitative estimate of drug-likeness (QED) is 0.826. The lowest BCUT2D eigenvalue weighted by Crippen LogP contribution is -2.34. The Kier molecular flexibility index (Phi) is 3.64. The van der Waals surface area contributed by atoms with Gasteiger partial charge in [-0.3, -0.25) is 0 Å². The molecule has 0 radical (unpaired) electrons. The summed E-state index contributed by atoms with van der Waals surface area (Å²) in [6.07, 6.45) is 3.61. The predicted molar refractivity (Wildman–Crippen MR) is 64.2 cm³/mol. The first-order chi connectivity index (χ1) is 8.20. The summed E-state index contributed by atoms with van der Waals surface area (Å²) in [5, 5.41) is 8.87. The summed E-state index contributed by atoms with van der Waals surface area (Å²) in [5.41, 5.74) is 7.98. The molecule has 1 aliphatic carbocycles. The van der Waals surface area contributed by atoms with Crippen LogP contribution < -0.4 is 10.5 Å². The highest BCUT2D eigenvalue weighted by Gasteiger charge is 2.18. The van der Waals surface area contributed by atoms with Crippen LogP contribution in [0.1, 0.15) is 24.0 Å². The largest absolute Gasteiger partial charge is 0.478 e. The van der Waals surface area contributed by atoms with Crippen LogP contribution in [-0.4, -0.2) is 23.7 Å². The molecule has 17 heavy (non-hydrogen) atoms. The number of hydrogen-bond acceptors (Lipinski definition) is 3. The van der Waals surface area contributed by atoms with Gasteiger partial charge < -0.3 is 15.6 Å². The second-order valence-electron chi connectivity index (χ2n) is 4.32. The molecule has 3 N–H and O–H groups in total. The number of carboxylic acid groups (broad SMARTS) is 1. The van der Waals surface area contributed by atoms with E-state index in [2.05, 4.69) is 0 Å². The minimum absolute atomic E-state index is 0.0214. The highest BCUT2D eigenvalue weighted by Crippen LogP contribution is 2.25. The molecule has 4 heteroatoms. The van der Waals surface area contributed by atoms with Crippen LogP contribution in [0.3, 0.4) is 0 Å². The zero-order valence-corrected chi connectivity index (χ0v) is 9.69. The van der Waals surface area contributed by atoms with E-state index in [4.69, 9.17) is 15.6 Å². The number of carboxylic acids is 1. The maximum atomic E-state index is 10.8. The van der Waals surface area contributed by atoms with Gasteiger partial charge in [-0.05, 0) is 48.9 Å². The molecule has 0 saturated carbocycles. The van der Waals surface area contributed by atoms with Gasteiger partial charge >= 0.3 is 5.97 Å². The lowest BCUT2D eigenvalue weighted by molar-refractivity contribution is -0.144. The molecule has 4 nitrogen and oxygen atoms in total. The predicted octanol–water partition coefficient (Wildman–Crippen LogP) is 1.36. The number of fused-ring (bicyclic) bond motifs is 1. The third kappa shape index (κ3) is 2.77. The SMILES string of the molecule is NCC(Oc1ccc2c(c1)CCCC2)C(=O)O. The van der Waals surface area contributed by atoms with Crippen LogP contribution in [0.4, 0.5) is 0 Å². The van der Waals surface area contributed by atoms with Gasteiger partial charge in [-0.1, -0.05) is 6.07 Å². The van der Waals surface area contributed by atoms with E-state index in [0.29, 0.717) is 5.75 Å². The topological polar surface area (TPSA) is 72.5 Å². The third-order valence-electron chi connectivity index (χ3n) is 3.09. The molecule has 1 aromatic carbocycles. The van der Waals surface area contributed by atoms with Crippen molar-refractivity contribution < 1.29 is 14.6 Å². The molecule has 0 heterocycles. The van der Waals surface area contributed by atoms with Crippen molar-refractivity contribution in [3.63, 3.8) is 0 Å². The number of aliphatic carboxylic acids is 1. The molecule has 1 aliphatic rings. The fraction of sp³-hybridized carbons (Fsp3) is 0.462. The van der Waals surface area contributed by atoms with Gasteiger partial charge in [0, 0.05) is 6.54 Å². The lowest BCUT2D eigenvalue weighted by Gasteiger charge is -2.18. The number of nitrogens with two attached hydrogens (primary N) is 1. The Morgan fingerprint density at radius 1 is 1.35 bits per heavy atom. The van der Waals surface area contributed by atoms with Gasteiger partial charge in [0.25, 0.3) is 0 Å². The molecule has 1 atom stereocenters. The summed E-state index contributed by atoms with van der Waals surface area (Å²) in [7, 11) is 0. The van der Waals surface area contributed by atoms with Crippen molar-refractivity contribution >= 4 is 5.97 Å². The van der Waals surface area contributed by atoms with E-state index in [-0.39, 0.29) is 6.54 Å². The first-order valence-electron chi connectivity index (χ1n) is 5.92. The first-order valence-corrected chi connectivity index (χ1v) is 5.92. The van der Waals surface area contributed by atoms with Gasteiger partial charge in [-0.25, -0.2) is 4.79 Å². The van der Waals surface area contributed by atoms with Gasteiger partial charge in [0.2, 0.25) is 6.10 Å². The van der Waals surface area contributed by atoms with Crippen LogP contribution in [0, 0.1) is 0 Å². The van der Waals surface area contributed by atoms with Crippen molar-refractivity contribution in [1.82, 2.24) is 0 Å². The van der Waals surface area contributed by atoms with Crippen LogP contribution in [-0.2, 0) is 17.6 Å². The molecule has 0 aliphatic heterocycles. The number of rotatable bonds is 4.